The van der Waals surface area contributed by atoms with Crippen LogP contribution in [-0.4, -0.2) is 37.5 Å². The van der Waals surface area contributed by atoms with E-state index in [4.69, 9.17) is 21.8 Å². The smallest absolute Gasteiger partial charge is 0.370 e. The number of carbonyl (C=O) groups is 1. The van der Waals surface area contributed by atoms with Crippen LogP contribution in [0, 0.1) is 0 Å². The zero-order chi connectivity index (χ0) is 13.5. The first-order valence-corrected chi connectivity index (χ1v) is 5.77. The maximum atomic E-state index is 11.0. The minimum Gasteiger partial charge on any atom is -0.370 e. The molecule has 0 rings (SSSR count). The lowest BCUT2D eigenvalue weighted by atomic mass is 10.2. The summed E-state index contributed by atoms with van der Waals surface area (Å²) in [6.45, 7) is 0.266. The molecule has 0 fully saturated rings. The lowest BCUT2D eigenvalue weighted by molar-refractivity contribution is -0.216. The first-order chi connectivity index (χ1) is 7.72. The van der Waals surface area contributed by atoms with Gasteiger partial charge in [0, 0.05) is 6.54 Å². The third-order valence-corrected chi connectivity index (χ3v) is 1.71. The Hall–Kier alpha value is -1.43. The van der Waals surface area contributed by atoms with Gasteiger partial charge in [0.15, 0.2) is 5.96 Å². The summed E-state index contributed by atoms with van der Waals surface area (Å²) in [6, 6.07) is -1.11. The Balaban J connectivity index is 3.87. The minimum atomic E-state index is -4.84. The Morgan fingerprint density at radius 1 is 1.41 bits per heavy atom. The molecule has 17 heavy (non-hydrogen) atoms. The fraction of sp³-hybridized carbons (Fsp3) is 0.667. The molecule has 0 aromatic heterocycles. The largest absolute Gasteiger partial charge is 0.432 e. The maximum absolute atomic E-state index is 11.0. The average Bonchev–Trinajstić information content (AvgIpc) is 2.19. The molecular formula is C6H14N4O6S. The highest BCUT2D eigenvalue weighted by Crippen LogP contribution is 1.99. The van der Waals surface area contributed by atoms with Gasteiger partial charge in [0.2, 0.25) is 0 Å². The molecule has 1 unspecified atom stereocenters. The lowest BCUT2D eigenvalue weighted by Crippen LogP contribution is -2.33. The number of guanidine groups is 1. The summed E-state index contributed by atoms with van der Waals surface area (Å²) in [5.41, 5.74) is 15.4. The van der Waals surface area contributed by atoms with Gasteiger partial charge in [-0.3, -0.25) is 14.4 Å². The van der Waals surface area contributed by atoms with E-state index in [-0.39, 0.29) is 18.9 Å². The van der Waals surface area contributed by atoms with Crippen LogP contribution in [-0.2, 0) is 24.4 Å². The van der Waals surface area contributed by atoms with Gasteiger partial charge in [-0.2, -0.15) is 8.42 Å². The number of nitrogens with two attached hydrogens (primary N) is 3. The Morgan fingerprint density at radius 2 is 2.00 bits per heavy atom. The maximum Gasteiger partial charge on any atom is 0.432 e. The van der Waals surface area contributed by atoms with E-state index in [0.717, 1.165) is 0 Å². The highest BCUT2D eigenvalue weighted by molar-refractivity contribution is 7.80. The van der Waals surface area contributed by atoms with Crippen LogP contribution >= 0.6 is 0 Å². The first kappa shape index (κ1) is 15.6. The van der Waals surface area contributed by atoms with Gasteiger partial charge < -0.3 is 17.2 Å². The third kappa shape index (κ3) is 9.50. The van der Waals surface area contributed by atoms with E-state index >= 15 is 0 Å². The molecule has 11 heteroatoms. The highest BCUT2D eigenvalue weighted by Gasteiger charge is 2.18. The minimum absolute atomic E-state index is 0.0872. The summed E-state index contributed by atoms with van der Waals surface area (Å²) in [7, 11) is -4.84. The molecule has 0 aliphatic carbocycles. The van der Waals surface area contributed by atoms with Crippen molar-refractivity contribution in [3.8, 4) is 0 Å². The molecule has 0 aromatic rings. The van der Waals surface area contributed by atoms with Crippen LogP contribution < -0.4 is 17.2 Å². The van der Waals surface area contributed by atoms with Crippen molar-refractivity contribution < 1.29 is 27.0 Å². The SMILES string of the molecule is NC(N)=NCCCC(N)C(=O)OOS(=O)(=O)O. The van der Waals surface area contributed by atoms with Gasteiger partial charge in [-0.25, -0.2) is 4.79 Å². The quantitative estimate of drug-likeness (QED) is 0.0982. The lowest BCUT2D eigenvalue weighted by Gasteiger charge is -2.07. The molecule has 0 aliphatic rings. The number of hydrogen-bond donors (Lipinski definition) is 4. The van der Waals surface area contributed by atoms with Crippen molar-refractivity contribution in [3.63, 3.8) is 0 Å². The molecule has 0 aliphatic heterocycles. The van der Waals surface area contributed by atoms with Crippen LogP contribution in [0.3, 0.4) is 0 Å². The van der Waals surface area contributed by atoms with Gasteiger partial charge in [0.1, 0.15) is 6.04 Å². The van der Waals surface area contributed by atoms with Gasteiger partial charge in [0.05, 0.1) is 0 Å². The number of hydrogen-bond acceptors (Lipinski definition) is 7. The predicted octanol–water partition coefficient (Wildman–Crippen LogP) is -2.36. The van der Waals surface area contributed by atoms with Crippen molar-refractivity contribution in [2.24, 2.45) is 22.2 Å². The fourth-order valence-corrected chi connectivity index (χ4v) is 0.929. The second-order valence-electron chi connectivity index (χ2n) is 2.95. The summed E-state index contributed by atoms with van der Waals surface area (Å²) in [6.07, 6.45) is 0.546. The van der Waals surface area contributed by atoms with Crippen LogP contribution in [0.15, 0.2) is 4.99 Å². The number of carbonyl (C=O) groups excluding carboxylic acids is 1. The molecule has 0 saturated heterocycles. The molecular weight excluding hydrogens is 256 g/mol. The predicted molar refractivity (Wildman–Crippen MR) is 56.6 cm³/mol. The van der Waals surface area contributed by atoms with E-state index in [0.29, 0.717) is 6.42 Å². The van der Waals surface area contributed by atoms with Crippen molar-refractivity contribution in [3.05, 3.63) is 0 Å². The van der Waals surface area contributed by atoms with Crippen molar-refractivity contribution in [1.29, 1.82) is 0 Å². The fourth-order valence-electron chi connectivity index (χ4n) is 0.776. The van der Waals surface area contributed by atoms with E-state index in [1.165, 1.54) is 0 Å². The van der Waals surface area contributed by atoms with Crippen LogP contribution in [0.25, 0.3) is 0 Å². The van der Waals surface area contributed by atoms with E-state index < -0.39 is 22.4 Å². The second-order valence-corrected chi connectivity index (χ2v) is 3.94. The Morgan fingerprint density at radius 3 is 2.47 bits per heavy atom. The van der Waals surface area contributed by atoms with Crippen molar-refractivity contribution >= 4 is 22.3 Å². The van der Waals surface area contributed by atoms with Gasteiger partial charge >= 0.3 is 16.4 Å². The van der Waals surface area contributed by atoms with E-state index in [1.807, 2.05) is 0 Å². The van der Waals surface area contributed by atoms with Gasteiger partial charge in [-0.05, 0) is 17.2 Å². The summed E-state index contributed by atoms with van der Waals surface area (Å²) >= 11 is 0. The topological polar surface area (TPSA) is 180 Å². The summed E-state index contributed by atoms with van der Waals surface area (Å²) in [4.78, 5) is 18.4. The van der Waals surface area contributed by atoms with Crippen LogP contribution in [0.5, 0.6) is 0 Å². The molecule has 0 saturated carbocycles. The average molecular weight is 270 g/mol. The normalized spacial score (nSPS) is 12.8. The Bertz CT molecular complexity index is 376. The molecule has 7 N–H and O–H groups in total. The van der Waals surface area contributed by atoms with Crippen molar-refractivity contribution in [1.82, 2.24) is 0 Å². The van der Waals surface area contributed by atoms with Crippen LogP contribution in [0.1, 0.15) is 12.8 Å². The van der Waals surface area contributed by atoms with Crippen LogP contribution in [0.4, 0.5) is 0 Å². The van der Waals surface area contributed by atoms with Gasteiger partial charge in [-0.1, -0.05) is 0 Å². The van der Waals surface area contributed by atoms with Gasteiger partial charge in [-0.15, -0.1) is 0 Å². The standard InChI is InChI=1S/C6H14N4O6S/c7-4(2-1-3-10-6(8)9)5(11)15-16-17(12,13)14/h4H,1-3,7H2,(H4,8,9,10)(H,12,13,14). The Labute approximate surface area is 97.6 Å². The van der Waals surface area contributed by atoms with Crippen molar-refractivity contribution in [2.75, 3.05) is 6.54 Å². The molecule has 100 valence electrons. The first-order valence-electron chi connectivity index (χ1n) is 4.40. The number of rotatable bonds is 7. The van der Waals surface area contributed by atoms with Crippen molar-refractivity contribution in [2.45, 2.75) is 18.9 Å². The van der Waals surface area contributed by atoms with E-state index in [9.17, 15) is 13.2 Å². The molecule has 10 nitrogen and oxygen atoms in total. The molecule has 0 spiro atoms. The number of aliphatic imine (C=N–C) groups is 1. The number of nitrogens with zero attached hydrogens (tertiary/aromatic N) is 1. The summed E-state index contributed by atoms with van der Waals surface area (Å²) in [5, 5.41) is 0. The molecule has 0 radical (unpaired) electrons. The zero-order valence-electron chi connectivity index (χ0n) is 8.77. The molecule has 0 heterocycles. The highest BCUT2D eigenvalue weighted by atomic mass is 32.3. The van der Waals surface area contributed by atoms with E-state index in [2.05, 4.69) is 14.2 Å². The second kappa shape index (κ2) is 7.01. The van der Waals surface area contributed by atoms with Crippen LogP contribution in [0.2, 0.25) is 0 Å². The molecule has 1 atom stereocenters. The third-order valence-electron chi connectivity index (χ3n) is 1.47. The molecule has 0 amide bonds. The molecule has 0 aromatic carbocycles. The monoisotopic (exact) mass is 270 g/mol. The van der Waals surface area contributed by atoms with E-state index in [1.54, 1.807) is 0 Å². The van der Waals surface area contributed by atoms with Gasteiger partial charge in [0.25, 0.3) is 0 Å². The molecule has 0 bridgehead atoms. The Kier molecular flexibility index (Phi) is 6.42. The summed E-state index contributed by atoms with van der Waals surface area (Å²) in [5.74, 6) is -1.22. The zero-order valence-corrected chi connectivity index (χ0v) is 9.59. The summed E-state index contributed by atoms with van der Waals surface area (Å²) < 4.78 is 31.6.